The number of piperidine rings is 1. The van der Waals surface area contributed by atoms with Gasteiger partial charge in [-0.25, -0.2) is 0 Å². The summed E-state index contributed by atoms with van der Waals surface area (Å²) in [5.41, 5.74) is 2.11. The molecule has 1 aromatic carbocycles. The number of nitrogens with zero attached hydrogens (tertiary/aromatic N) is 2. The van der Waals surface area contributed by atoms with Crippen LogP contribution >= 0.6 is 0 Å². The Bertz CT molecular complexity index is 522. The maximum Gasteiger partial charge on any atom is 0.227 e. The summed E-state index contributed by atoms with van der Waals surface area (Å²) in [4.78, 5) is 16.9. The highest BCUT2D eigenvalue weighted by Crippen LogP contribution is 2.33. The van der Waals surface area contributed by atoms with E-state index in [2.05, 4.69) is 24.9 Å². The van der Waals surface area contributed by atoms with Crippen LogP contribution in [0.1, 0.15) is 24.8 Å². The smallest absolute Gasteiger partial charge is 0.227 e. The van der Waals surface area contributed by atoms with Crippen LogP contribution in [0.3, 0.4) is 0 Å². The third kappa shape index (κ3) is 3.21. The van der Waals surface area contributed by atoms with Crippen molar-refractivity contribution >= 4 is 11.6 Å². The Morgan fingerprint density at radius 3 is 2.81 bits per heavy atom. The first kappa shape index (κ1) is 14.4. The summed E-state index contributed by atoms with van der Waals surface area (Å²) in [5.74, 6) is 1.62. The van der Waals surface area contributed by atoms with Crippen LogP contribution < -0.4 is 9.64 Å². The summed E-state index contributed by atoms with van der Waals surface area (Å²) >= 11 is 0. The van der Waals surface area contributed by atoms with E-state index in [0.717, 1.165) is 42.9 Å². The molecule has 0 atom stereocenters. The molecule has 3 rings (SSSR count). The van der Waals surface area contributed by atoms with Gasteiger partial charge in [-0.15, -0.1) is 0 Å². The van der Waals surface area contributed by atoms with Gasteiger partial charge in [0.25, 0.3) is 0 Å². The van der Waals surface area contributed by atoms with Gasteiger partial charge in [0.1, 0.15) is 12.4 Å². The number of fused-ring (bicyclic) bond motifs is 1. The van der Waals surface area contributed by atoms with Gasteiger partial charge in [0.05, 0.1) is 12.2 Å². The highest BCUT2D eigenvalue weighted by Gasteiger charge is 2.27. The second-order valence-corrected chi connectivity index (χ2v) is 6.32. The van der Waals surface area contributed by atoms with Gasteiger partial charge < -0.3 is 14.5 Å². The lowest BCUT2D eigenvalue weighted by Gasteiger charge is -2.33. The highest BCUT2D eigenvalue weighted by atomic mass is 16.5. The minimum Gasteiger partial charge on any atom is -0.490 e. The molecule has 1 saturated heterocycles. The van der Waals surface area contributed by atoms with Crippen molar-refractivity contribution in [1.82, 2.24) is 4.90 Å². The fourth-order valence-electron chi connectivity index (χ4n) is 3.21. The lowest BCUT2D eigenvalue weighted by atomic mass is 9.93. The second kappa shape index (κ2) is 6.06. The lowest BCUT2D eigenvalue weighted by Crippen LogP contribution is -2.40. The van der Waals surface area contributed by atoms with Crippen molar-refractivity contribution in [2.45, 2.75) is 26.2 Å². The monoisotopic (exact) mass is 288 g/mol. The molecule has 0 radical (unpaired) electrons. The lowest BCUT2D eigenvalue weighted by molar-refractivity contribution is -0.120. The average Bonchev–Trinajstić information content (AvgIpc) is 2.49. The Balaban J connectivity index is 1.70. The molecule has 0 bridgehead atoms. The molecule has 0 unspecified atom stereocenters. The van der Waals surface area contributed by atoms with Gasteiger partial charge in [-0.3, -0.25) is 4.79 Å². The van der Waals surface area contributed by atoms with Gasteiger partial charge in [0.15, 0.2) is 0 Å². The molecule has 1 amide bonds. The van der Waals surface area contributed by atoms with Crippen molar-refractivity contribution in [3.05, 3.63) is 23.8 Å². The predicted octanol–water partition coefficient (Wildman–Crippen LogP) is 2.45. The first-order chi connectivity index (χ1) is 10.1. The third-order valence-corrected chi connectivity index (χ3v) is 4.58. The summed E-state index contributed by atoms with van der Waals surface area (Å²) in [5, 5.41) is 0. The molecule has 0 aliphatic carbocycles. The largest absolute Gasteiger partial charge is 0.490 e. The normalized spacial score (nSPS) is 20.0. The molecule has 2 aliphatic rings. The number of hydrogen-bond donors (Lipinski definition) is 0. The minimum absolute atomic E-state index is 0.250. The molecular formula is C17H24N2O2. The number of likely N-dealkylation sites (tertiary alicyclic amines) is 1. The van der Waals surface area contributed by atoms with Crippen LogP contribution in [0.15, 0.2) is 18.2 Å². The molecule has 0 spiro atoms. The summed E-state index contributed by atoms with van der Waals surface area (Å²) in [6.07, 6.45) is 2.93. The van der Waals surface area contributed by atoms with E-state index in [1.165, 1.54) is 0 Å². The van der Waals surface area contributed by atoms with Crippen LogP contribution in [-0.2, 0) is 4.79 Å². The fraction of sp³-hybridized carbons (Fsp3) is 0.588. The van der Waals surface area contributed by atoms with Gasteiger partial charge in [0, 0.05) is 6.42 Å². The van der Waals surface area contributed by atoms with Crippen molar-refractivity contribution in [2.24, 2.45) is 5.92 Å². The topological polar surface area (TPSA) is 32.8 Å². The number of aryl methyl sites for hydroxylation is 1. The minimum atomic E-state index is 0.250. The number of amides is 1. The Kier molecular flexibility index (Phi) is 4.15. The van der Waals surface area contributed by atoms with Gasteiger partial charge in [-0.2, -0.15) is 0 Å². The zero-order chi connectivity index (χ0) is 14.8. The van der Waals surface area contributed by atoms with Crippen LogP contribution in [0.5, 0.6) is 5.75 Å². The molecule has 1 fully saturated rings. The van der Waals surface area contributed by atoms with E-state index < -0.39 is 0 Å². The number of rotatable bonds is 2. The second-order valence-electron chi connectivity index (χ2n) is 6.32. The molecule has 114 valence electrons. The Hall–Kier alpha value is -1.55. The molecule has 0 saturated carbocycles. The highest BCUT2D eigenvalue weighted by molar-refractivity contribution is 5.95. The molecule has 0 aromatic heterocycles. The number of ether oxygens (including phenoxy) is 1. The van der Waals surface area contributed by atoms with E-state index in [1.807, 2.05) is 17.0 Å². The zero-order valence-electron chi connectivity index (χ0n) is 13.0. The van der Waals surface area contributed by atoms with Crippen LogP contribution in [0.2, 0.25) is 0 Å². The molecule has 0 N–H and O–H groups in total. The van der Waals surface area contributed by atoms with E-state index in [9.17, 15) is 4.79 Å². The van der Waals surface area contributed by atoms with E-state index in [0.29, 0.717) is 25.5 Å². The van der Waals surface area contributed by atoms with Gasteiger partial charge >= 0.3 is 0 Å². The standard InChI is InChI=1S/C17H24N2O2/c1-13-3-4-16-15(11-13)19(9-10-21-16)17(20)12-14-5-7-18(2)8-6-14/h3-4,11,14H,5-10,12H2,1-2H3. The van der Waals surface area contributed by atoms with Gasteiger partial charge in [0.2, 0.25) is 5.91 Å². The van der Waals surface area contributed by atoms with E-state index >= 15 is 0 Å². The Morgan fingerprint density at radius 1 is 1.29 bits per heavy atom. The number of carbonyl (C=O) groups excluding carboxylic acids is 1. The zero-order valence-corrected chi connectivity index (χ0v) is 13.0. The first-order valence-corrected chi connectivity index (χ1v) is 7.86. The van der Waals surface area contributed by atoms with Crippen LogP contribution in [-0.4, -0.2) is 44.1 Å². The number of hydrogen-bond acceptors (Lipinski definition) is 3. The summed E-state index contributed by atoms with van der Waals surface area (Å²) in [6.45, 7) is 5.53. The van der Waals surface area contributed by atoms with E-state index in [1.54, 1.807) is 0 Å². The van der Waals surface area contributed by atoms with E-state index in [4.69, 9.17) is 4.74 Å². The summed E-state index contributed by atoms with van der Waals surface area (Å²) in [6, 6.07) is 6.06. The van der Waals surface area contributed by atoms with Gasteiger partial charge in [-0.1, -0.05) is 6.07 Å². The molecule has 1 aromatic rings. The third-order valence-electron chi connectivity index (χ3n) is 4.58. The quantitative estimate of drug-likeness (QED) is 0.838. The SMILES string of the molecule is Cc1ccc2c(c1)N(C(=O)CC1CCN(C)CC1)CCO2. The summed E-state index contributed by atoms with van der Waals surface area (Å²) in [7, 11) is 2.15. The maximum absolute atomic E-state index is 12.7. The summed E-state index contributed by atoms with van der Waals surface area (Å²) < 4.78 is 5.66. The molecule has 4 nitrogen and oxygen atoms in total. The molecular weight excluding hydrogens is 264 g/mol. The molecule has 21 heavy (non-hydrogen) atoms. The van der Waals surface area contributed by atoms with Crippen molar-refractivity contribution in [2.75, 3.05) is 38.2 Å². The predicted molar refractivity (Wildman–Crippen MR) is 83.9 cm³/mol. The van der Waals surface area contributed by atoms with Crippen LogP contribution in [0.25, 0.3) is 0 Å². The van der Waals surface area contributed by atoms with Crippen molar-refractivity contribution in [1.29, 1.82) is 0 Å². The number of carbonyl (C=O) groups is 1. The van der Waals surface area contributed by atoms with Gasteiger partial charge in [-0.05, 0) is 63.5 Å². The molecule has 4 heteroatoms. The Morgan fingerprint density at radius 2 is 2.05 bits per heavy atom. The first-order valence-electron chi connectivity index (χ1n) is 7.86. The number of anilines is 1. The van der Waals surface area contributed by atoms with Crippen molar-refractivity contribution in [3.63, 3.8) is 0 Å². The van der Waals surface area contributed by atoms with Crippen LogP contribution in [0.4, 0.5) is 5.69 Å². The fourth-order valence-corrected chi connectivity index (χ4v) is 3.21. The molecule has 2 heterocycles. The Labute approximate surface area is 126 Å². The van der Waals surface area contributed by atoms with Crippen LogP contribution in [0, 0.1) is 12.8 Å². The van der Waals surface area contributed by atoms with Crippen molar-refractivity contribution < 1.29 is 9.53 Å². The maximum atomic E-state index is 12.7. The van der Waals surface area contributed by atoms with Crippen molar-refractivity contribution in [3.8, 4) is 5.75 Å². The van der Waals surface area contributed by atoms with E-state index in [-0.39, 0.29) is 5.91 Å². The molecule has 2 aliphatic heterocycles. The number of benzene rings is 1. The average molecular weight is 288 g/mol.